The van der Waals surface area contributed by atoms with E-state index in [0.717, 1.165) is 19.4 Å². The van der Waals surface area contributed by atoms with Crippen LogP contribution in [0, 0.1) is 0 Å². The number of nitrogens with zero attached hydrogens (tertiary/aromatic N) is 2. The predicted molar refractivity (Wildman–Crippen MR) is 66.5 cm³/mol. The lowest BCUT2D eigenvalue weighted by molar-refractivity contribution is -0.141. The fraction of sp³-hybridized carbons (Fsp3) is 0.833. The molecular formula is C12H22N2O4. The van der Waals surface area contributed by atoms with Crippen molar-refractivity contribution >= 4 is 12.0 Å². The van der Waals surface area contributed by atoms with Gasteiger partial charge in [-0.15, -0.1) is 0 Å². The quantitative estimate of drug-likeness (QED) is 0.799. The second kappa shape index (κ2) is 7.20. The highest BCUT2D eigenvalue weighted by Crippen LogP contribution is 2.11. The van der Waals surface area contributed by atoms with Crippen molar-refractivity contribution in [2.24, 2.45) is 0 Å². The third-order valence-electron chi connectivity index (χ3n) is 2.99. The van der Waals surface area contributed by atoms with Gasteiger partial charge in [0.05, 0.1) is 19.1 Å². The number of unbranched alkanes of at least 4 members (excludes halogenated alkanes) is 1. The third kappa shape index (κ3) is 4.52. The molecule has 1 N–H and O–H groups in total. The van der Waals surface area contributed by atoms with Crippen LogP contribution in [-0.4, -0.2) is 66.3 Å². The van der Waals surface area contributed by atoms with Crippen LogP contribution in [0.15, 0.2) is 0 Å². The minimum absolute atomic E-state index is 0.0397. The predicted octanol–water partition coefficient (Wildman–Crippen LogP) is 1.01. The summed E-state index contributed by atoms with van der Waals surface area (Å²) in [6.07, 6.45) is 1.58. The molecule has 1 rings (SSSR count). The molecule has 6 heteroatoms. The monoisotopic (exact) mass is 258 g/mol. The molecule has 1 heterocycles. The summed E-state index contributed by atoms with van der Waals surface area (Å²) in [7, 11) is 1.78. The SMILES string of the molecule is CCCCN(C)C(=O)N1CCOC(CC(=O)O)C1. The van der Waals surface area contributed by atoms with Gasteiger partial charge in [-0.3, -0.25) is 4.79 Å². The third-order valence-corrected chi connectivity index (χ3v) is 2.99. The number of carboxylic acids is 1. The van der Waals surface area contributed by atoms with Crippen LogP contribution >= 0.6 is 0 Å². The molecule has 0 aromatic rings. The average molecular weight is 258 g/mol. The minimum atomic E-state index is -0.895. The Kier molecular flexibility index (Phi) is 5.91. The van der Waals surface area contributed by atoms with Gasteiger partial charge in [-0.1, -0.05) is 13.3 Å². The number of hydrogen-bond acceptors (Lipinski definition) is 3. The number of ether oxygens (including phenoxy) is 1. The van der Waals surface area contributed by atoms with Gasteiger partial charge in [0.15, 0.2) is 0 Å². The lowest BCUT2D eigenvalue weighted by atomic mass is 10.2. The Bertz CT molecular complexity index is 296. The van der Waals surface area contributed by atoms with Gasteiger partial charge < -0.3 is 19.6 Å². The van der Waals surface area contributed by atoms with Crippen molar-refractivity contribution in [3.8, 4) is 0 Å². The van der Waals surface area contributed by atoms with Crippen LogP contribution < -0.4 is 0 Å². The van der Waals surface area contributed by atoms with Gasteiger partial charge >= 0.3 is 12.0 Å². The molecule has 1 atom stereocenters. The van der Waals surface area contributed by atoms with Crippen LogP contribution in [0.5, 0.6) is 0 Å². The number of urea groups is 1. The van der Waals surface area contributed by atoms with Crippen molar-refractivity contribution in [1.82, 2.24) is 9.80 Å². The average Bonchev–Trinajstić information content (AvgIpc) is 2.34. The van der Waals surface area contributed by atoms with E-state index in [1.165, 1.54) is 0 Å². The topological polar surface area (TPSA) is 70.1 Å². The standard InChI is InChI=1S/C12H22N2O4/c1-3-4-5-13(2)12(17)14-6-7-18-10(9-14)8-11(15)16/h10H,3-9H2,1-2H3,(H,15,16). The normalized spacial score (nSPS) is 19.7. The van der Waals surface area contributed by atoms with Crippen molar-refractivity contribution in [2.75, 3.05) is 33.3 Å². The highest BCUT2D eigenvalue weighted by molar-refractivity contribution is 5.74. The van der Waals surface area contributed by atoms with Gasteiger partial charge in [-0.2, -0.15) is 0 Å². The Morgan fingerprint density at radius 1 is 1.50 bits per heavy atom. The van der Waals surface area contributed by atoms with Crippen molar-refractivity contribution in [3.05, 3.63) is 0 Å². The number of carbonyl (C=O) groups excluding carboxylic acids is 1. The molecular weight excluding hydrogens is 236 g/mol. The summed E-state index contributed by atoms with van der Waals surface area (Å²) >= 11 is 0. The Balaban J connectivity index is 2.44. The van der Waals surface area contributed by atoms with Gasteiger partial charge in [0.1, 0.15) is 0 Å². The van der Waals surface area contributed by atoms with Crippen LogP contribution in [-0.2, 0) is 9.53 Å². The summed E-state index contributed by atoms with van der Waals surface area (Å²) in [5, 5.41) is 8.72. The number of carbonyl (C=O) groups is 2. The van der Waals surface area contributed by atoms with Crippen molar-refractivity contribution in [2.45, 2.75) is 32.3 Å². The van der Waals surface area contributed by atoms with E-state index >= 15 is 0 Å². The number of carboxylic acid groups (broad SMARTS) is 1. The van der Waals surface area contributed by atoms with Crippen LogP contribution in [0.1, 0.15) is 26.2 Å². The van der Waals surface area contributed by atoms with Crippen molar-refractivity contribution in [3.63, 3.8) is 0 Å². The number of aliphatic carboxylic acids is 1. The summed E-state index contributed by atoms with van der Waals surface area (Å²) in [5.41, 5.74) is 0. The van der Waals surface area contributed by atoms with Crippen LogP contribution in [0.4, 0.5) is 4.79 Å². The van der Waals surface area contributed by atoms with E-state index in [-0.39, 0.29) is 18.6 Å². The van der Waals surface area contributed by atoms with Gasteiger partial charge in [-0.25, -0.2) is 4.79 Å². The molecule has 2 amide bonds. The maximum atomic E-state index is 12.1. The number of amides is 2. The smallest absolute Gasteiger partial charge is 0.319 e. The first-order valence-electron chi connectivity index (χ1n) is 6.38. The summed E-state index contributed by atoms with van der Waals surface area (Å²) in [4.78, 5) is 26.1. The molecule has 18 heavy (non-hydrogen) atoms. The van der Waals surface area contributed by atoms with E-state index in [2.05, 4.69) is 6.92 Å². The van der Waals surface area contributed by atoms with Gasteiger partial charge in [0, 0.05) is 26.7 Å². The van der Waals surface area contributed by atoms with Crippen LogP contribution in [0.25, 0.3) is 0 Å². The number of rotatable bonds is 5. The minimum Gasteiger partial charge on any atom is -0.481 e. The molecule has 1 saturated heterocycles. The lowest BCUT2D eigenvalue weighted by Crippen LogP contribution is -2.50. The van der Waals surface area contributed by atoms with Gasteiger partial charge in [0.25, 0.3) is 0 Å². The molecule has 0 aromatic heterocycles. The van der Waals surface area contributed by atoms with Gasteiger partial charge in [0.2, 0.25) is 0 Å². The van der Waals surface area contributed by atoms with Crippen LogP contribution in [0.2, 0.25) is 0 Å². The molecule has 0 saturated carbocycles. The van der Waals surface area contributed by atoms with E-state index < -0.39 is 5.97 Å². The first-order valence-corrected chi connectivity index (χ1v) is 6.38. The second-order valence-electron chi connectivity index (χ2n) is 4.59. The molecule has 1 aliphatic heterocycles. The van der Waals surface area contributed by atoms with E-state index in [9.17, 15) is 9.59 Å². The number of hydrogen-bond donors (Lipinski definition) is 1. The molecule has 6 nitrogen and oxygen atoms in total. The maximum absolute atomic E-state index is 12.1. The molecule has 0 aliphatic carbocycles. The highest BCUT2D eigenvalue weighted by Gasteiger charge is 2.27. The Morgan fingerprint density at radius 3 is 2.83 bits per heavy atom. The lowest BCUT2D eigenvalue weighted by Gasteiger charge is -2.34. The van der Waals surface area contributed by atoms with Crippen molar-refractivity contribution in [1.29, 1.82) is 0 Å². The van der Waals surface area contributed by atoms with Crippen LogP contribution in [0.3, 0.4) is 0 Å². The fourth-order valence-corrected chi connectivity index (χ4v) is 1.94. The largest absolute Gasteiger partial charge is 0.481 e. The first-order chi connectivity index (χ1) is 8.54. The van der Waals surface area contributed by atoms with Gasteiger partial charge in [-0.05, 0) is 6.42 Å². The first kappa shape index (κ1) is 14.8. The zero-order chi connectivity index (χ0) is 13.5. The number of morpholine rings is 1. The maximum Gasteiger partial charge on any atom is 0.319 e. The summed E-state index contributed by atoms with van der Waals surface area (Å²) in [6, 6.07) is -0.0397. The van der Waals surface area contributed by atoms with Crippen molar-refractivity contribution < 1.29 is 19.4 Å². The summed E-state index contributed by atoms with van der Waals surface area (Å²) in [5.74, 6) is -0.895. The second-order valence-corrected chi connectivity index (χ2v) is 4.59. The molecule has 0 radical (unpaired) electrons. The molecule has 0 spiro atoms. The van der Waals surface area contributed by atoms with E-state index in [1.54, 1.807) is 16.8 Å². The molecule has 1 fully saturated rings. The molecule has 1 unspecified atom stereocenters. The highest BCUT2D eigenvalue weighted by atomic mass is 16.5. The van der Waals surface area contributed by atoms with E-state index in [1.807, 2.05) is 0 Å². The molecule has 1 aliphatic rings. The summed E-state index contributed by atoms with van der Waals surface area (Å²) < 4.78 is 5.34. The Hall–Kier alpha value is -1.30. The zero-order valence-electron chi connectivity index (χ0n) is 11.1. The zero-order valence-corrected chi connectivity index (χ0v) is 11.1. The Labute approximate surface area is 107 Å². The van der Waals surface area contributed by atoms with E-state index in [0.29, 0.717) is 19.7 Å². The summed E-state index contributed by atoms with van der Waals surface area (Å²) in [6.45, 7) is 4.12. The molecule has 0 aromatic carbocycles. The molecule has 104 valence electrons. The Morgan fingerprint density at radius 2 is 2.22 bits per heavy atom. The van der Waals surface area contributed by atoms with E-state index in [4.69, 9.17) is 9.84 Å². The fourth-order valence-electron chi connectivity index (χ4n) is 1.94. The molecule has 0 bridgehead atoms.